The van der Waals surface area contributed by atoms with Gasteiger partial charge in [-0.05, 0) is 35.9 Å². The summed E-state index contributed by atoms with van der Waals surface area (Å²) in [6.45, 7) is 0. The van der Waals surface area contributed by atoms with Crippen molar-refractivity contribution in [3.63, 3.8) is 0 Å². The monoisotopic (exact) mass is 422 g/mol. The van der Waals surface area contributed by atoms with Crippen LogP contribution < -0.4 is 5.32 Å². The van der Waals surface area contributed by atoms with Gasteiger partial charge in [0.25, 0.3) is 0 Å². The van der Waals surface area contributed by atoms with Gasteiger partial charge in [-0.2, -0.15) is 18.3 Å². The van der Waals surface area contributed by atoms with Gasteiger partial charge in [-0.3, -0.25) is 9.59 Å². The number of amides is 1. The first-order valence-electron chi connectivity index (χ1n) is 8.49. The lowest BCUT2D eigenvalue weighted by Crippen LogP contribution is -2.22. The van der Waals surface area contributed by atoms with Crippen LogP contribution in [0, 0.1) is 5.82 Å². The fraction of sp³-hybridized carbons (Fsp3) is 0.158. The Balaban J connectivity index is 1.89. The van der Waals surface area contributed by atoms with Crippen LogP contribution in [0.15, 0.2) is 55.1 Å². The molecule has 7 nitrogen and oxygen atoms in total. The van der Waals surface area contributed by atoms with Crippen LogP contribution in [0.2, 0.25) is 0 Å². The van der Waals surface area contributed by atoms with Gasteiger partial charge in [0.15, 0.2) is 0 Å². The molecule has 156 valence electrons. The predicted octanol–water partition coefficient (Wildman–Crippen LogP) is 3.62. The van der Waals surface area contributed by atoms with Gasteiger partial charge >= 0.3 is 12.1 Å². The van der Waals surface area contributed by atoms with Crippen molar-refractivity contribution in [1.29, 1.82) is 0 Å². The summed E-state index contributed by atoms with van der Waals surface area (Å²) >= 11 is 0. The molecule has 3 rings (SSSR count). The van der Waals surface area contributed by atoms with Crippen LogP contribution >= 0.6 is 0 Å². The maximum absolute atomic E-state index is 13.1. The number of nitrogens with zero attached hydrogens (tertiary/aromatic N) is 3. The molecule has 0 unspecified atom stereocenters. The maximum Gasteiger partial charge on any atom is 0.416 e. The van der Waals surface area contributed by atoms with Crippen molar-refractivity contribution in [2.75, 3.05) is 5.32 Å². The van der Waals surface area contributed by atoms with Crippen molar-refractivity contribution in [3.8, 4) is 5.69 Å². The lowest BCUT2D eigenvalue weighted by atomic mass is 9.95. The van der Waals surface area contributed by atoms with E-state index in [0.717, 1.165) is 41.3 Å². The Morgan fingerprint density at radius 1 is 1.13 bits per heavy atom. The first kappa shape index (κ1) is 21.0. The molecule has 0 aliphatic carbocycles. The first-order chi connectivity index (χ1) is 14.1. The van der Waals surface area contributed by atoms with Gasteiger partial charge in [0.05, 0.1) is 22.9 Å². The predicted molar refractivity (Wildman–Crippen MR) is 96.4 cm³/mol. The van der Waals surface area contributed by atoms with Gasteiger partial charge in [0.1, 0.15) is 18.5 Å². The number of rotatable bonds is 6. The molecule has 1 amide bonds. The van der Waals surface area contributed by atoms with Crippen molar-refractivity contribution in [3.05, 3.63) is 72.1 Å². The third-order valence-electron chi connectivity index (χ3n) is 4.22. The Labute approximate surface area is 167 Å². The molecule has 11 heteroatoms. The molecular weight excluding hydrogens is 408 g/mol. The van der Waals surface area contributed by atoms with E-state index in [-0.39, 0.29) is 16.9 Å². The maximum atomic E-state index is 13.1. The summed E-state index contributed by atoms with van der Waals surface area (Å²) in [5.74, 6) is -4.07. The van der Waals surface area contributed by atoms with Crippen molar-refractivity contribution >= 4 is 17.6 Å². The molecule has 0 saturated heterocycles. The largest absolute Gasteiger partial charge is 0.481 e. The summed E-state index contributed by atoms with van der Waals surface area (Å²) < 4.78 is 53.5. The normalized spacial score (nSPS) is 12.4. The number of anilines is 1. The van der Waals surface area contributed by atoms with E-state index in [9.17, 15) is 32.3 Å². The van der Waals surface area contributed by atoms with E-state index in [1.54, 1.807) is 0 Å². The van der Waals surface area contributed by atoms with E-state index in [2.05, 4.69) is 15.4 Å². The number of hydrogen-bond donors (Lipinski definition) is 2. The standard InChI is InChI=1S/C19H14F4N4O3/c20-13-4-1-11(2-5-13)14(18(29)30)8-17(28)26-15-7-12(19(21,22)23)3-6-16(15)27-10-24-9-25-27/h1-7,9-10,14H,8H2,(H,26,28)(H,29,30)/t14-/m1/s1. The Hall–Kier alpha value is -3.76. The zero-order chi connectivity index (χ0) is 21.9. The lowest BCUT2D eigenvalue weighted by Gasteiger charge is -2.16. The number of halogens is 4. The molecular formula is C19H14F4N4O3. The van der Waals surface area contributed by atoms with Crippen molar-refractivity contribution in [2.24, 2.45) is 0 Å². The first-order valence-corrected chi connectivity index (χ1v) is 8.49. The molecule has 1 heterocycles. The molecule has 0 saturated carbocycles. The van der Waals surface area contributed by atoms with E-state index in [0.29, 0.717) is 0 Å². The Kier molecular flexibility index (Phi) is 5.81. The lowest BCUT2D eigenvalue weighted by molar-refractivity contribution is -0.140. The summed E-state index contributed by atoms with van der Waals surface area (Å²) in [7, 11) is 0. The van der Waals surface area contributed by atoms with Gasteiger partial charge < -0.3 is 10.4 Å². The van der Waals surface area contributed by atoms with Crippen LogP contribution in [-0.4, -0.2) is 31.7 Å². The number of hydrogen-bond acceptors (Lipinski definition) is 4. The Morgan fingerprint density at radius 2 is 1.83 bits per heavy atom. The smallest absolute Gasteiger partial charge is 0.416 e. The van der Waals surface area contributed by atoms with Gasteiger partial charge in [0.2, 0.25) is 5.91 Å². The number of carboxylic acid groups (broad SMARTS) is 1. The zero-order valence-corrected chi connectivity index (χ0v) is 15.1. The molecule has 3 aromatic rings. The fourth-order valence-electron chi connectivity index (χ4n) is 2.77. The number of carbonyl (C=O) groups is 2. The summed E-state index contributed by atoms with van der Waals surface area (Å²) in [5, 5.41) is 15.6. The SMILES string of the molecule is O=C(C[C@@H](C(=O)O)c1ccc(F)cc1)Nc1cc(C(F)(F)F)ccc1-n1cncn1. The van der Waals surface area contributed by atoms with Crippen LogP contribution in [0.5, 0.6) is 0 Å². The second-order valence-electron chi connectivity index (χ2n) is 6.26. The zero-order valence-electron chi connectivity index (χ0n) is 15.1. The van der Waals surface area contributed by atoms with Crippen LogP contribution in [0.3, 0.4) is 0 Å². The average molecular weight is 422 g/mol. The molecule has 1 atom stereocenters. The van der Waals surface area contributed by atoms with E-state index < -0.39 is 41.8 Å². The fourth-order valence-corrected chi connectivity index (χ4v) is 2.77. The van der Waals surface area contributed by atoms with E-state index in [1.807, 2.05) is 0 Å². The molecule has 0 bridgehead atoms. The minimum absolute atomic E-state index is 0.113. The number of aromatic nitrogens is 3. The average Bonchev–Trinajstić information content (AvgIpc) is 3.20. The van der Waals surface area contributed by atoms with Gasteiger partial charge in [-0.1, -0.05) is 12.1 Å². The van der Waals surface area contributed by atoms with Crippen molar-refractivity contribution in [2.45, 2.75) is 18.5 Å². The molecule has 30 heavy (non-hydrogen) atoms. The Bertz CT molecular complexity index is 1050. The van der Waals surface area contributed by atoms with Crippen LogP contribution in [0.1, 0.15) is 23.5 Å². The Morgan fingerprint density at radius 3 is 2.40 bits per heavy atom. The minimum Gasteiger partial charge on any atom is -0.481 e. The minimum atomic E-state index is -4.65. The van der Waals surface area contributed by atoms with Crippen LogP contribution in [0.25, 0.3) is 5.69 Å². The number of alkyl halides is 3. The molecule has 2 aromatic carbocycles. The third-order valence-corrected chi connectivity index (χ3v) is 4.22. The highest BCUT2D eigenvalue weighted by Gasteiger charge is 2.32. The van der Waals surface area contributed by atoms with Gasteiger partial charge in [0, 0.05) is 6.42 Å². The molecule has 0 aliphatic rings. The number of benzene rings is 2. The van der Waals surface area contributed by atoms with Crippen LogP contribution in [-0.2, 0) is 15.8 Å². The summed E-state index contributed by atoms with van der Waals surface area (Å²) in [5.41, 5.74) is -0.930. The molecule has 0 aliphatic heterocycles. The van der Waals surface area contributed by atoms with Crippen LogP contribution in [0.4, 0.5) is 23.2 Å². The van der Waals surface area contributed by atoms with Crippen molar-refractivity contribution in [1.82, 2.24) is 14.8 Å². The van der Waals surface area contributed by atoms with Gasteiger partial charge in [-0.25, -0.2) is 14.1 Å². The molecule has 0 radical (unpaired) electrons. The summed E-state index contributed by atoms with van der Waals surface area (Å²) in [6.07, 6.45) is -2.83. The highest BCUT2D eigenvalue weighted by molar-refractivity contribution is 5.96. The van der Waals surface area contributed by atoms with Gasteiger partial charge in [-0.15, -0.1) is 0 Å². The molecule has 0 fully saturated rings. The molecule has 2 N–H and O–H groups in total. The number of aliphatic carboxylic acids is 1. The number of carbonyl (C=O) groups excluding carboxylic acids is 1. The molecule has 1 aromatic heterocycles. The summed E-state index contributed by atoms with van der Waals surface area (Å²) in [6, 6.07) is 7.23. The summed E-state index contributed by atoms with van der Waals surface area (Å²) in [4.78, 5) is 27.8. The topological polar surface area (TPSA) is 97.1 Å². The highest BCUT2D eigenvalue weighted by atomic mass is 19.4. The second-order valence-corrected chi connectivity index (χ2v) is 6.26. The van der Waals surface area contributed by atoms with E-state index >= 15 is 0 Å². The van der Waals surface area contributed by atoms with E-state index in [1.165, 1.54) is 18.5 Å². The molecule has 0 spiro atoms. The second kappa shape index (κ2) is 8.31. The quantitative estimate of drug-likeness (QED) is 0.592. The van der Waals surface area contributed by atoms with E-state index in [4.69, 9.17) is 0 Å². The number of nitrogens with one attached hydrogen (secondary N) is 1. The highest BCUT2D eigenvalue weighted by Crippen LogP contribution is 2.33. The van der Waals surface area contributed by atoms with Crippen molar-refractivity contribution < 1.29 is 32.3 Å². The number of carboxylic acids is 1. The third kappa shape index (κ3) is 4.80.